The van der Waals surface area contributed by atoms with Crippen LogP contribution in [0.3, 0.4) is 0 Å². The molecule has 0 aliphatic heterocycles. The summed E-state index contributed by atoms with van der Waals surface area (Å²) in [6.45, 7) is 5.25. The molecule has 0 bridgehead atoms. The van der Waals surface area contributed by atoms with E-state index in [1.54, 1.807) is 26.8 Å². The fourth-order valence-corrected chi connectivity index (χ4v) is 3.34. The third kappa shape index (κ3) is 5.58. The Morgan fingerprint density at radius 2 is 2.12 bits per heavy atom. The van der Waals surface area contributed by atoms with Gasteiger partial charge in [0.1, 0.15) is 11.4 Å². The third-order valence-corrected chi connectivity index (χ3v) is 4.20. The molecule has 0 amide bonds. The molecule has 1 aromatic rings. The van der Waals surface area contributed by atoms with E-state index in [4.69, 9.17) is 9.47 Å². The van der Waals surface area contributed by atoms with E-state index >= 15 is 0 Å². The van der Waals surface area contributed by atoms with Gasteiger partial charge in [0, 0.05) is 17.3 Å². The summed E-state index contributed by atoms with van der Waals surface area (Å²) in [5.41, 5.74) is 1.32. The zero-order valence-corrected chi connectivity index (χ0v) is 15.1. The Kier molecular flexibility index (Phi) is 6.37. The van der Waals surface area contributed by atoms with Crippen LogP contribution in [0.5, 0.6) is 5.75 Å². The van der Waals surface area contributed by atoms with Crippen LogP contribution in [0.25, 0.3) is 0 Å². The molecule has 0 saturated carbocycles. The van der Waals surface area contributed by atoms with Gasteiger partial charge in [0.15, 0.2) is 6.61 Å². The van der Waals surface area contributed by atoms with Crippen molar-refractivity contribution in [3.63, 3.8) is 0 Å². The number of fused-ring (bicyclic) bond motifs is 1. The standard InChI is InChI=1S/C17H25NO5S/c1-17(2,3)23-16(19)11-22-15-10-6-8-12-13(15)7-4-5-9-14(12)18-24(20)21/h6,8,10,14,18H,4-5,7,9,11H2,1-3H3,(H,20,21)/p-1. The maximum absolute atomic E-state index is 11.8. The van der Waals surface area contributed by atoms with Gasteiger partial charge in [-0.15, -0.1) is 0 Å². The summed E-state index contributed by atoms with van der Waals surface area (Å²) in [5, 5.41) is 0. The first-order chi connectivity index (χ1) is 11.3. The summed E-state index contributed by atoms with van der Waals surface area (Å²) >= 11 is -2.32. The first-order valence-corrected chi connectivity index (χ1v) is 9.15. The zero-order valence-electron chi connectivity index (χ0n) is 14.3. The summed E-state index contributed by atoms with van der Waals surface area (Å²) in [6.07, 6.45) is 3.42. The van der Waals surface area contributed by atoms with Crippen molar-refractivity contribution in [3.8, 4) is 5.75 Å². The summed E-state index contributed by atoms with van der Waals surface area (Å²) in [5.74, 6) is 0.188. The maximum Gasteiger partial charge on any atom is 0.344 e. The van der Waals surface area contributed by atoms with E-state index in [2.05, 4.69) is 4.72 Å². The molecule has 0 heterocycles. The Balaban J connectivity index is 2.14. The van der Waals surface area contributed by atoms with Crippen LogP contribution in [0.15, 0.2) is 18.2 Å². The number of benzene rings is 1. The highest BCUT2D eigenvalue weighted by Crippen LogP contribution is 2.34. The summed E-state index contributed by atoms with van der Waals surface area (Å²) in [7, 11) is 0. The maximum atomic E-state index is 11.8. The minimum atomic E-state index is -2.32. The van der Waals surface area contributed by atoms with E-state index in [9.17, 15) is 13.6 Å². The second-order valence-electron chi connectivity index (χ2n) is 6.85. The Hall–Kier alpha value is -1.44. The molecule has 1 N–H and O–H groups in total. The van der Waals surface area contributed by atoms with Crippen LogP contribution in [0.2, 0.25) is 0 Å². The third-order valence-electron chi connectivity index (χ3n) is 3.72. The van der Waals surface area contributed by atoms with Crippen molar-refractivity contribution in [1.82, 2.24) is 4.72 Å². The van der Waals surface area contributed by atoms with Crippen LogP contribution in [-0.4, -0.2) is 26.9 Å². The lowest BCUT2D eigenvalue weighted by molar-refractivity contribution is -0.157. The van der Waals surface area contributed by atoms with Crippen LogP contribution >= 0.6 is 0 Å². The Labute approximate surface area is 145 Å². The van der Waals surface area contributed by atoms with E-state index in [0.29, 0.717) is 5.75 Å². The highest BCUT2D eigenvalue weighted by molar-refractivity contribution is 7.77. The van der Waals surface area contributed by atoms with Crippen molar-refractivity contribution in [1.29, 1.82) is 0 Å². The molecule has 2 rings (SSSR count). The topological polar surface area (TPSA) is 87.7 Å². The van der Waals surface area contributed by atoms with Gasteiger partial charge in [-0.2, -0.15) is 0 Å². The van der Waals surface area contributed by atoms with Gasteiger partial charge < -0.3 is 14.0 Å². The molecule has 1 aliphatic rings. The number of ether oxygens (including phenoxy) is 2. The van der Waals surface area contributed by atoms with Gasteiger partial charge in [0.2, 0.25) is 0 Å². The van der Waals surface area contributed by atoms with Crippen LogP contribution < -0.4 is 9.46 Å². The molecule has 2 atom stereocenters. The van der Waals surface area contributed by atoms with E-state index in [0.717, 1.165) is 36.8 Å². The molecule has 6 nitrogen and oxygen atoms in total. The summed E-state index contributed by atoms with van der Waals surface area (Å²) in [4.78, 5) is 11.8. The van der Waals surface area contributed by atoms with Gasteiger partial charge in [-0.05, 0) is 57.2 Å². The molecule has 0 spiro atoms. The van der Waals surface area contributed by atoms with Gasteiger partial charge in [0.05, 0.1) is 0 Å². The predicted molar refractivity (Wildman–Crippen MR) is 90.1 cm³/mol. The lowest BCUT2D eigenvalue weighted by atomic mass is 9.99. The number of rotatable bonds is 5. The first-order valence-electron chi connectivity index (χ1n) is 8.08. The number of carbonyl (C=O) groups excluding carboxylic acids is 1. The Bertz CT molecular complexity index is 611. The van der Waals surface area contributed by atoms with Crippen molar-refractivity contribution >= 4 is 17.2 Å². The van der Waals surface area contributed by atoms with Gasteiger partial charge in [0.25, 0.3) is 0 Å². The second kappa shape index (κ2) is 8.09. The Morgan fingerprint density at radius 1 is 1.38 bits per heavy atom. The van der Waals surface area contributed by atoms with Gasteiger partial charge >= 0.3 is 5.97 Å². The highest BCUT2D eigenvalue weighted by atomic mass is 32.2. The second-order valence-corrected chi connectivity index (χ2v) is 7.56. The number of esters is 1. The average Bonchev–Trinajstić information content (AvgIpc) is 2.66. The molecule has 0 fully saturated rings. The van der Waals surface area contributed by atoms with Crippen LogP contribution in [0.1, 0.15) is 57.2 Å². The minimum Gasteiger partial charge on any atom is -0.760 e. The summed E-state index contributed by atoms with van der Waals surface area (Å²) < 4.78 is 35.5. The fraction of sp³-hybridized carbons (Fsp3) is 0.588. The fourth-order valence-electron chi connectivity index (χ4n) is 2.86. The molecule has 0 aromatic heterocycles. The van der Waals surface area contributed by atoms with E-state index in [1.165, 1.54) is 0 Å². The average molecular weight is 354 g/mol. The van der Waals surface area contributed by atoms with Crippen molar-refractivity contribution in [2.75, 3.05) is 6.61 Å². The Morgan fingerprint density at radius 3 is 2.79 bits per heavy atom. The molecule has 0 saturated heterocycles. The van der Waals surface area contributed by atoms with Gasteiger partial charge in [-0.1, -0.05) is 18.6 Å². The number of hydrogen-bond donors (Lipinski definition) is 1. The van der Waals surface area contributed by atoms with E-state index in [-0.39, 0.29) is 12.6 Å². The zero-order chi connectivity index (χ0) is 17.7. The molecule has 1 aromatic carbocycles. The van der Waals surface area contributed by atoms with Crippen molar-refractivity contribution < 1.29 is 23.0 Å². The van der Waals surface area contributed by atoms with Gasteiger partial charge in [-0.3, -0.25) is 4.21 Å². The molecule has 24 heavy (non-hydrogen) atoms. The summed E-state index contributed by atoms with van der Waals surface area (Å²) in [6, 6.07) is 5.27. The predicted octanol–water partition coefficient (Wildman–Crippen LogP) is 2.56. The normalized spacial score (nSPS) is 19.1. The molecule has 0 radical (unpaired) electrons. The van der Waals surface area contributed by atoms with Crippen molar-refractivity contribution in [2.45, 2.75) is 58.1 Å². The molecule has 134 valence electrons. The van der Waals surface area contributed by atoms with E-state index < -0.39 is 22.8 Å². The minimum absolute atomic E-state index is 0.167. The van der Waals surface area contributed by atoms with Crippen LogP contribution in [0.4, 0.5) is 0 Å². The van der Waals surface area contributed by atoms with Crippen LogP contribution in [0, 0.1) is 0 Å². The lowest BCUT2D eigenvalue weighted by Gasteiger charge is -2.22. The van der Waals surface area contributed by atoms with Gasteiger partial charge in [-0.25, -0.2) is 9.52 Å². The quantitative estimate of drug-likeness (QED) is 0.499. The molecular weight excluding hydrogens is 330 g/mol. The van der Waals surface area contributed by atoms with Crippen molar-refractivity contribution in [2.24, 2.45) is 0 Å². The largest absolute Gasteiger partial charge is 0.760 e. The monoisotopic (exact) mass is 354 g/mol. The number of hydrogen-bond acceptors (Lipinski definition) is 5. The number of nitrogens with one attached hydrogen (secondary N) is 1. The lowest BCUT2D eigenvalue weighted by Crippen LogP contribution is -2.27. The van der Waals surface area contributed by atoms with E-state index in [1.807, 2.05) is 12.1 Å². The highest BCUT2D eigenvalue weighted by Gasteiger charge is 2.22. The molecule has 7 heteroatoms. The van der Waals surface area contributed by atoms with Crippen molar-refractivity contribution in [3.05, 3.63) is 29.3 Å². The smallest absolute Gasteiger partial charge is 0.344 e. The number of carbonyl (C=O) groups is 1. The van der Waals surface area contributed by atoms with Crippen LogP contribution in [-0.2, 0) is 27.2 Å². The first kappa shape index (κ1) is 18.9. The molecule has 1 aliphatic carbocycles. The molecular formula is C17H24NO5S-. The SMILES string of the molecule is CC(C)(C)OC(=O)COc1cccc2c1CCCCC2NS(=O)[O-]. The molecule has 2 unspecified atom stereocenters.